The first-order chi connectivity index (χ1) is 8.00. The molecule has 6 heteroatoms. The van der Waals surface area contributed by atoms with Gasteiger partial charge >= 0.3 is 0 Å². The van der Waals surface area contributed by atoms with Gasteiger partial charge in [-0.2, -0.15) is 0 Å². The van der Waals surface area contributed by atoms with Gasteiger partial charge in [-0.25, -0.2) is 0 Å². The van der Waals surface area contributed by atoms with Gasteiger partial charge in [-0.05, 0) is 31.0 Å². The molecule has 17 heavy (non-hydrogen) atoms. The molecule has 0 bridgehead atoms. The highest BCUT2D eigenvalue weighted by Gasteiger charge is 2.11. The summed E-state index contributed by atoms with van der Waals surface area (Å²) in [5.74, 6) is -0.688. The lowest BCUT2D eigenvalue weighted by Gasteiger charge is -2.06. The highest BCUT2D eigenvalue weighted by Crippen LogP contribution is 2.21. The molecule has 0 saturated carbocycles. The van der Waals surface area contributed by atoms with E-state index in [-0.39, 0.29) is 17.1 Å². The zero-order valence-corrected chi connectivity index (χ0v) is 9.96. The summed E-state index contributed by atoms with van der Waals surface area (Å²) in [5.41, 5.74) is 5.35. The van der Waals surface area contributed by atoms with E-state index in [1.54, 1.807) is 0 Å². The van der Waals surface area contributed by atoms with E-state index in [1.165, 1.54) is 18.2 Å². The van der Waals surface area contributed by atoms with E-state index in [0.717, 1.165) is 0 Å². The fourth-order valence-corrected chi connectivity index (χ4v) is 1.41. The second-order valence-electron chi connectivity index (χ2n) is 3.53. The van der Waals surface area contributed by atoms with Crippen molar-refractivity contribution in [3.63, 3.8) is 0 Å². The lowest BCUT2D eigenvalue weighted by molar-refractivity contribution is 0.0950. The molecule has 0 aliphatic rings. The highest BCUT2D eigenvalue weighted by molar-refractivity contribution is 7.80. The van der Waals surface area contributed by atoms with Crippen LogP contribution in [0.2, 0.25) is 0 Å². The molecule has 0 fully saturated rings. The van der Waals surface area contributed by atoms with Crippen LogP contribution in [0.1, 0.15) is 23.2 Å². The molecule has 0 atom stereocenters. The standard InChI is InChI=1S/C11H14N2O3S/c12-10(17)2-1-5-13-11(16)8-6-7(14)3-4-9(8)15/h3-4,6,14-15H,1-2,5H2,(H2,12,17)(H,13,16). The summed E-state index contributed by atoms with van der Waals surface area (Å²) in [6.07, 6.45) is 1.20. The third kappa shape index (κ3) is 4.28. The lowest BCUT2D eigenvalue weighted by Crippen LogP contribution is -2.25. The van der Waals surface area contributed by atoms with Crippen LogP contribution in [-0.2, 0) is 0 Å². The summed E-state index contributed by atoms with van der Waals surface area (Å²) in [6.45, 7) is 0.408. The molecule has 0 aliphatic carbocycles. The minimum atomic E-state index is -0.443. The van der Waals surface area contributed by atoms with E-state index in [1.807, 2.05) is 0 Å². The second-order valence-corrected chi connectivity index (χ2v) is 4.05. The maximum atomic E-state index is 11.6. The van der Waals surface area contributed by atoms with Gasteiger partial charge in [0.15, 0.2) is 0 Å². The Labute approximate surface area is 104 Å². The molecule has 0 radical (unpaired) electrons. The number of thiocarbonyl (C=S) groups is 1. The van der Waals surface area contributed by atoms with Crippen molar-refractivity contribution in [2.45, 2.75) is 12.8 Å². The van der Waals surface area contributed by atoms with Crippen LogP contribution >= 0.6 is 12.2 Å². The Morgan fingerprint density at radius 1 is 1.41 bits per heavy atom. The number of rotatable bonds is 5. The number of phenolic OH excluding ortho intramolecular Hbond substituents is 2. The Balaban J connectivity index is 2.52. The first kappa shape index (κ1) is 13.2. The van der Waals surface area contributed by atoms with Crippen LogP contribution in [0.3, 0.4) is 0 Å². The van der Waals surface area contributed by atoms with Gasteiger partial charge in [0.2, 0.25) is 0 Å². The van der Waals surface area contributed by atoms with Gasteiger partial charge in [-0.3, -0.25) is 4.79 Å². The van der Waals surface area contributed by atoms with Crippen molar-refractivity contribution in [2.75, 3.05) is 6.54 Å². The van der Waals surface area contributed by atoms with E-state index in [9.17, 15) is 15.0 Å². The normalized spacial score (nSPS) is 9.88. The molecule has 0 heterocycles. The van der Waals surface area contributed by atoms with Gasteiger partial charge in [0.1, 0.15) is 11.5 Å². The Bertz CT molecular complexity index is 435. The van der Waals surface area contributed by atoms with Gasteiger partial charge in [0, 0.05) is 6.54 Å². The van der Waals surface area contributed by atoms with E-state index < -0.39 is 5.91 Å². The van der Waals surface area contributed by atoms with Gasteiger partial charge in [0.25, 0.3) is 5.91 Å². The van der Waals surface area contributed by atoms with Crippen molar-refractivity contribution in [3.8, 4) is 11.5 Å². The second kappa shape index (κ2) is 6.05. The quantitative estimate of drug-likeness (QED) is 0.355. The van der Waals surface area contributed by atoms with Crippen molar-refractivity contribution in [1.29, 1.82) is 0 Å². The minimum absolute atomic E-state index is 0.0420. The molecule has 0 saturated heterocycles. The van der Waals surface area contributed by atoms with Crippen molar-refractivity contribution in [3.05, 3.63) is 23.8 Å². The number of phenols is 2. The van der Waals surface area contributed by atoms with Crippen LogP contribution in [0.25, 0.3) is 0 Å². The number of carbonyl (C=O) groups is 1. The summed E-state index contributed by atoms with van der Waals surface area (Å²) < 4.78 is 0. The predicted molar refractivity (Wildman–Crippen MR) is 68.1 cm³/mol. The number of benzene rings is 1. The summed E-state index contributed by atoms with van der Waals surface area (Å²) in [6, 6.07) is 3.77. The molecule has 5 nitrogen and oxygen atoms in total. The van der Waals surface area contributed by atoms with Gasteiger partial charge in [0.05, 0.1) is 10.6 Å². The Kier molecular flexibility index (Phi) is 4.71. The van der Waals surface area contributed by atoms with E-state index in [4.69, 9.17) is 18.0 Å². The zero-order valence-electron chi connectivity index (χ0n) is 9.14. The number of nitrogens with two attached hydrogens (primary N) is 1. The van der Waals surface area contributed by atoms with Crippen LogP contribution in [0.5, 0.6) is 11.5 Å². The molecule has 0 spiro atoms. The van der Waals surface area contributed by atoms with Crippen molar-refractivity contribution in [1.82, 2.24) is 5.32 Å². The maximum absolute atomic E-state index is 11.6. The number of hydrogen-bond donors (Lipinski definition) is 4. The molecule has 1 amide bonds. The van der Waals surface area contributed by atoms with Gasteiger partial charge in [-0.1, -0.05) is 12.2 Å². The molecule has 0 aromatic heterocycles. The topological polar surface area (TPSA) is 95.6 Å². The summed E-state index contributed by atoms with van der Waals surface area (Å²) in [5, 5.41) is 21.2. The average Bonchev–Trinajstić information content (AvgIpc) is 2.27. The average molecular weight is 254 g/mol. The molecular formula is C11H14N2O3S. The number of aromatic hydroxyl groups is 2. The number of nitrogens with one attached hydrogen (secondary N) is 1. The van der Waals surface area contributed by atoms with E-state index >= 15 is 0 Å². The van der Waals surface area contributed by atoms with Crippen LogP contribution in [0.4, 0.5) is 0 Å². The molecule has 0 aliphatic heterocycles. The Morgan fingerprint density at radius 3 is 2.76 bits per heavy atom. The lowest BCUT2D eigenvalue weighted by atomic mass is 10.1. The number of carbonyl (C=O) groups excluding carboxylic acids is 1. The summed E-state index contributed by atoms with van der Waals surface area (Å²) in [7, 11) is 0. The molecule has 1 aromatic rings. The SMILES string of the molecule is NC(=S)CCCNC(=O)c1cc(O)ccc1O. The van der Waals surface area contributed by atoms with E-state index in [2.05, 4.69) is 5.32 Å². The fourth-order valence-electron chi connectivity index (χ4n) is 1.27. The first-order valence-electron chi connectivity index (χ1n) is 5.09. The Morgan fingerprint density at radius 2 is 2.12 bits per heavy atom. The number of amides is 1. The third-order valence-electron chi connectivity index (χ3n) is 2.11. The molecule has 1 aromatic carbocycles. The summed E-state index contributed by atoms with van der Waals surface area (Å²) in [4.78, 5) is 12.0. The third-order valence-corrected chi connectivity index (χ3v) is 2.31. The van der Waals surface area contributed by atoms with Crippen LogP contribution in [-0.4, -0.2) is 27.7 Å². The largest absolute Gasteiger partial charge is 0.508 e. The monoisotopic (exact) mass is 254 g/mol. The molecule has 1 rings (SSSR count). The predicted octanol–water partition coefficient (Wildman–Crippen LogP) is 0.894. The molecule has 92 valence electrons. The maximum Gasteiger partial charge on any atom is 0.255 e. The van der Waals surface area contributed by atoms with Gasteiger partial charge in [-0.15, -0.1) is 0 Å². The number of hydrogen-bond acceptors (Lipinski definition) is 4. The molecule has 5 N–H and O–H groups in total. The van der Waals surface area contributed by atoms with E-state index in [0.29, 0.717) is 24.4 Å². The van der Waals surface area contributed by atoms with Crippen LogP contribution in [0.15, 0.2) is 18.2 Å². The zero-order chi connectivity index (χ0) is 12.8. The molecule has 0 unspecified atom stereocenters. The van der Waals surface area contributed by atoms with Crippen LogP contribution in [0, 0.1) is 0 Å². The smallest absolute Gasteiger partial charge is 0.255 e. The van der Waals surface area contributed by atoms with Crippen molar-refractivity contribution >= 4 is 23.1 Å². The minimum Gasteiger partial charge on any atom is -0.508 e. The van der Waals surface area contributed by atoms with Crippen LogP contribution < -0.4 is 11.1 Å². The van der Waals surface area contributed by atoms with Crippen molar-refractivity contribution < 1.29 is 15.0 Å². The van der Waals surface area contributed by atoms with Gasteiger partial charge < -0.3 is 21.3 Å². The fraction of sp³-hybridized carbons (Fsp3) is 0.273. The molecular weight excluding hydrogens is 240 g/mol. The summed E-state index contributed by atoms with van der Waals surface area (Å²) >= 11 is 4.70. The Hall–Kier alpha value is -1.82. The van der Waals surface area contributed by atoms with Crippen molar-refractivity contribution in [2.24, 2.45) is 5.73 Å². The highest BCUT2D eigenvalue weighted by atomic mass is 32.1. The first-order valence-corrected chi connectivity index (χ1v) is 5.50.